The molecule has 0 spiro atoms. The third-order valence-electron chi connectivity index (χ3n) is 3.24. The van der Waals surface area contributed by atoms with Gasteiger partial charge in [0.25, 0.3) is 0 Å². The molecule has 1 saturated heterocycles. The van der Waals surface area contributed by atoms with E-state index in [0.29, 0.717) is 44.3 Å². The standard InChI is InChI=1S/C13H21N3O3/c1-9(2)13-14-11(19-15-13)4-5-12(17)16-6-7-18-8-10(16)3/h9-10H,4-8H2,1-3H3. The zero-order chi connectivity index (χ0) is 13.8. The van der Waals surface area contributed by atoms with Crippen LogP contribution in [0.1, 0.15) is 44.8 Å². The molecule has 1 amide bonds. The van der Waals surface area contributed by atoms with Crippen molar-refractivity contribution in [3.8, 4) is 0 Å². The number of nitrogens with zero attached hydrogens (tertiary/aromatic N) is 3. The highest BCUT2D eigenvalue weighted by Crippen LogP contribution is 2.13. The van der Waals surface area contributed by atoms with Crippen molar-refractivity contribution in [2.45, 2.75) is 45.6 Å². The Morgan fingerprint density at radius 2 is 2.32 bits per heavy atom. The molecule has 0 saturated carbocycles. The fraction of sp³-hybridized carbons (Fsp3) is 0.769. The smallest absolute Gasteiger partial charge is 0.227 e. The Morgan fingerprint density at radius 3 is 2.95 bits per heavy atom. The third-order valence-corrected chi connectivity index (χ3v) is 3.24. The van der Waals surface area contributed by atoms with Crippen LogP contribution in [-0.2, 0) is 16.0 Å². The topological polar surface area (TPSA) is 68.5 Å². The maximum absolute atomic E-state index is 12.1. The van der Waals surface area contributed by atoms with E-state index in [4.69, 9.17) is 9.26 Å². The first-order chi connectivity index (χ1) is 9.08. The summed E-state index contributed by atoms with van der Waals surface area (Å²) in [4.78, 5) is 18.2. The van der Waals surface area contributed by atoms with E-state index in [2.05, 4.69) is 10.1 Å². The fourth-order valence-corrected chi connectivity index (χ4v) is 2.06. The lowest BCUT2D eigenvalue weighted by molar-refractivity contribution is -0.139. The van der Waals surface area contributed by atoms with Gasteiger partial charge in [0.15, 0.2) is 5.82 Å². The van der Waals surface area contributed by atoms with Gasteiger partial charge in [-0.2, -0.15) is 4.98 Å². The monoisotopic (exact) mass is 267 g/mol. The van der Waals surface area contributed by atoms with Crippen LogP contribution in [0.3, 0.4) is 0 Å². The Morgan fingerprint density at radius 1 is 1.53 bits per heavy atom. The molecule has 1 aromatic heterocycles. The van der Waals surface area contributed by atoms with Crippen LogP contribution >= 0.6 is 0 Å². The average molecular weight is 267 g/mol. The van der Waals surface area contributed by atoms with Crippen molar-refractivity contribution >= 4 is 5.91 Å². The fourth-order valence-electron chi connectivity index (χ4n) is 2.06. The lowest BCUT2D eigenvalue weighted by Crippen LogP contribution is -2.47. The number of carbonyl (C=O) groups excluding carboxylic acids is 1. The van der Waals surface area contributed by atoms with Gasteiger partial charge in [-0.25, -0.2) is 0 Å². The van der Waals surface area contributed by atoms with Gasteiger partial charge in [0.1, 0.15) is 0 Å². The summed E-state index contributed by atoms with van der Waals surface area (Å²) in [6.45, 7) is 7.92. The number of aromatic nitrogens is 2. The molecular weight excluding hydrogens is 246 g/mol. The number of amides is 1. The van der Waals surface area contributed by atoms with Crippen molar-refractivity contribution in [2.75, 3.05) is 19.8 Å². The van der Waals surface area contributed by atoms with Crippen LogP contribution in [0.15, 0.2) is 4.52 Å². The molecule has 0 aliphatic carbocycles. The Balaban J connectivity index is 1.85. The first kappa shape index (κ1) is 14.0. The number of rotatable bonds is 4. The molecule has 0 bridgehead atoms. The maximum Gasteiger partial charge on any atom is 0.227 e. The predicted molar refractivity (Wildman–Crippen MR) is 68.7 cm³/mol. The van der Waals surface area contributed by atoms with E-state index in [1.807, 2.05) is 25.7 Å². The summed E-state index contributed by atoms with van der Waals surface area (Å²) in [6, 6.07) is 0.148. The molecule has 2 heterocycles. The minimum atomic E-state index is 0.125. The van der Waals surface area contributed by atoms with Crippen molar-refractivity contribution in [3.05, 3.63) is 11.7 Å². The van der Waals surface area contributed by atoms with Crippen LogP contribution < -0.4 is 0 Å². The van der Waals surface area contributed by atoms with E-state index in [9.17, 15) is 4.79 Å². The Bertz CT molecular complexity index is 431. The Hall–Kier alpha value is -1.43. The molecule has 106 valence electrons. The van der Waals surface area contributed by atoms with Crippen LogP contribution in [0.4, 0.5) is 0 Å². The maximum atomic E-state index is 12.1. The normalized spacial score (nSPS) is 20.0. The summed E-state index contributed by atoms with van der Waals surface area (Å²) in [5.41, 5.74) is 0. The van der Waals surface area contributed by atoms with E-state index in [1.165, 1.54) is 0 Å². The molecule has 1 aromatic rings. The molecule has 0 radical (unpaired) electrons. The van der Waals surface area contributed by atoms with Crippen LogP contribution in [0, 0.1) is 0 Å². The van der Waals surface area contributed by atoms with Crippen LogP contribution in [0.2, 0.25) is 0 Å². The van der Waals surface area contributed by atoms with Gasteiger partial charge in [0.05, 0.1) is 19.3 Å². The molecule has 6 nitrogen and oxygen atoms in total. The van der Waals surface area contributed by atoms with E-state index in [0.717, 1.165) is 0 Å². The summed E-state index contributed by atoms with van der Waals surface area (Å²) >= 11 is 0. The highest BCUT2D eigenvalue weighted by molar-refractivity contribution is 5.76. The SMILES string of the molecule is CC(C)c1noc(CCC(=O)N2CCOCC2C)n1. The van der Waals surface area contributed by atoms with Crippen LogP contribution in [-0.4, -0.2) is 46.7 Å². The molecule has 6 heteroatoms. The molecule has 0 N–H and O–H groups in total. The van der Waals surface area contributed by atoms with Crippen molar-refractivity contribution in [1.82, 2.24) is 15.0 Å². The van der Waals surface area contributed by atoms with E-state index in [-0.39, 0.29) is 17.9 Å². The summed E-state index contributed by atoms with van der Waals surface area (Å²) < 4.78 is 10.5. The number of aryl methyl sites for hydroxylation is 1. The highest BCUT2D eigenvalue weighted by Gasteiger charge is 2.23. The minimum Gasteiger partial charge on any atom is -0.377 e. The number of morpholine rings is 1. The lowest BCUT2D eigenvalue weighted by atomic mass is 10.2. The van der Waals surface area contributed by atoms with Crippen molar-refractivity contribution in [3.63, 3.8) is 0 Å². The molecule has 2 rings (SSSR count). The van der Waals surface area contributed by atoms with Crippen molar-refractivity contribution in [1.29, 1.82) is 0 Å². The van der Waals surface area contributed by atoms with Gasteiger partial charge in [0.2, 0.25) is 11.8 Å². The van der Waals surface area contributed by atoms with Gasteiger partial charge in [-0.1, -0.05) is 19.0 Å². The van der Waals surface area contributed by atoms with E-state index < -0.39 is 0 Å². The second kappa shape index (κ2) is 6.14. The molecule has 1 atom stereocenters. The summed E-state index contributed by atoms with van der Waals surface area (Å²) in [7, 11) is 0. The molecule has 19 heavy (non-hydrogen) atoms. The zero-order valence-corrected chi connectivity index (χ0v) is 11.8. The van der Waals surface area contributed by atoms with Crippen molar-refractivity contribution in [2.24, 2.45) is 0 Å². The van der Waals surface area contributed by atoms with Gasteiger partial charge in [-0.3, -0.25) is 4.79 Å². The van der Waals surface area contributed by atoms with Gasteiger partial charge < -0.3 is 14.2 Å². The predicted octanol–water partition coefficient (Wildman–Crippen LogP) is 1.37. The van der Waals surface area contributed by atoms with E-state index >= 15 is 0 Å². The van der Waals surface area contributed by atoms with Gasteiger partial charge in [0, 0.05) is 25.3 Å². The number of carbonyl (C=O) groups is 1. The Labute approximate surface area is 113 Å². The molecule has 1 aliphatic heterocycles. The second-order valence-corrected chi connectivity index (χ2v) is 5.21. The van der Waals surface area contributed by atoms with Crippen LogP contribution in [0.25, 0.3) is 0 Å². The quantitative estimate of drug-likeness (QED) is 0.824. The van der Waals surface area contributed by atoms with Gasteiger partial charge in [-0.05, 0) is 6.92 Å². The number of hydrogen-bond donors (Lipinski definition) is 0. The van der Waals surface area contributed by atoms with Crippen LogP contribution in [0.5, 0.6) is 0 Å². The summed E-state index contributed by atoms with van der Waals surface area (Å²) in [6.07, 6.45) is 0.909. The first-order valence-electron chi connectivity index (χ1n) is 6.77. The minimum absolute atomic E-state index is 0.125. The Kier molecular flexibility index (Phi) is 4.52. The first-order valence-corrected chi connectivity index (χ1v) is 6.77. The molecule has 1 unspecified atom stereocenters. The average Bonchev–Trinajstić information content (AvgIpc) is 2.85. The number of ether oxygens (including phenoxy) is 1. The molecular formula is C13H21N3O3. The van der Waals surface area contributed by atoms with Crippen molar-refractivity contribution < 1.29 is 14.1 Å². The second-order valence-electron chi connectivity index (χ2n) is 5.21. The largest absolute Gasteiger partial charge is 0.377 e. The summed E-state index contributed by atoms with van der Waals surface area (Å²) in [5.74, 6) is 1.60. The lowest BCUT2D eigenvalue weighted by Gasteiger charge is -2.33. The summed E-state index contributed by atoms with van der Waals surface area (Å²) in [5, 5.41) is 3.89. The van der Waals surface area contributed by atoms with Gasteiger partial charge >= 0.3 is 0 Å². The molecule has 1 aliphatic rings. The van der Waals surface area contributed by atoms with Gasteiger partial charge in [-0.15, -0.1) is 0 Å². The highest BCUT2D eigenvalue weighted by atomic mass is 16.5. The third kappa shape index (κ3) is 3.53. The zero-order valence-electron chi connectivity index (χ0n) is 11.8. The van der Waals surface area contributed by atoms with E-state index in [1.54, 1.807) is 0 Å². The molecule has 0 aromatic carbocycles. The number of hydrogen-bond acceptors (Lipinski definition) is 5. The molecule has 1 fully saturated rings.